The van der Waals surface area contributed by atoms with E-state index in [1.54, 1.807) is 17.4 Å². The lowest BCUT2D eigenvalue weighted by atomic mass is 10.1. The Hall–Kier alpha value is -1.29. The number of benzene rings is 1. The molecule has 0 unspecified atom stereocenters. The summed E-state index contributed by atoms with van der Waals surface area (Å²) in [6, 6.07) is 4.23. The van der Waals surface area contributed by atoms with Crippen molar-refractivity contribution in [2.45, 2.75) is 26.7 Å². The lowest BCUT2D eigenvalue weighted by Crippen LogP contribution is -2.38. The average Bonchev–Trinajstić information content (AvgIpc) is 2.97. The van der Waals surface area contributed by atoms with Crippen LogP contribution in [0.1, 0.15) is 23.2 Å². The summed E-state index contributed by atoms with van der Waals surface area (Å²) >= 11 is 1.63. The normalized spacial score (nSPS) is 11.1. The van der Waals surface area contributed by atoms with Crippen molar-refractivity contribution in [3.63, 3.8) is 0 Å². The predicted octanol–water partition coefficient (Wildman–Crippen LogP) is 3.69. The molecule has 1 heterocycles. The number of halogens is 3. The minimum Gasteiger partial charge on any atom is -0.357 e. The van der Waals surface area contributed by atoms with Crippen molar-refractivity contribution in [3.05, 3.63) is 51.5 Å². The number of aromatic nitrogens is 1. The number of hydrogen-bond donors (Lipinski definition) is 2. The first-order valence-electron chi connectivity index (χ1n) is 7.96. The fourth-order valence-corrected chi connectivity index (χ4v) is 2.85. The van der Waals surface area contributed by atoms with Gasteiger partial charge >= 0.3 is 0 Å². The first kappa shape index (κ1) is 21.8. The molecule has 0 spiro atoms. The number of guanidine groups is 1. The van der Waals surface area contributed by atoms with E-state index >= 15 is 0 Å². The zero-order valence-electron chi connectivity index (χ0n) is 14.3. The quantitative estimate of drug-likeness (QED) is 0.361. The van der Waals surface area contributed by atoms with Crippen LogP contribution in [0.4, 0.5) is 8.78 Å². The van der Waals surface area contributed by atoms with E-state index in [1.807, 2.05) is 19.2 Å². The van der Waals surface area contributed by atoms with Gasteiger partial charge in [-0.3, -0.25) is 4.99 Å². The third-order valence-electron chi connectivity index (χ3n) is 3.37. The molecule has 0 aliphatic heterocycles. The Morgan fingerprint density at radius 3 is 2.72 bits per heavy atom. The minimum absolute atomic E-state index is 0. The first-order valence-corrected chi connectivity index (χ1v) is 8.84. The van der Waals surface area contributed by atoms with Crippen molar-refractivity contribution in [1.82, 2.24) is 15.6 Å². The molecular formula is C17H23F2IN4S. The predicted molar refractivity (Wildman–Crippen MR) is 110 cm³/mol. The van der Waals surface area contributed by atoms with E-state index < -0.39 is 11.6 Å². The zero-order chi connectivity index (χ0) is 17.4. The van der Waals surface area contributed by atoms with Gasteiger partial charge in [0.05, 0.1) is 10.7 Å². The van der Waals surface area contributed by atoms with Crippen LogP contribution < -0.4 is 10.6 Å². The van der Waals surface area contributed by atoms with Gasteiger partial charge in [-0.05, 0) is 31.9 Å². The zero-order valence-corrected chi connectivity index (χ0v) is 17.5. The molecule has 138 valence electrons. The van der Waals surface area contributed by atoms with E-state index in [-0.39, 0.29) is 24.0 Å². The molecule has 0 fully saturated rings. The van der Waals surface area contributed by atoms with Crippen LogP contribution in [0.2, 0.25) is 0 Å². The van der Waals surface area contributed by atoms with Crippen LogP contribution in [0, 0.1) is 18.6 Å². The Bertz CT molecular complexity index is 691. The second kappa shape index (κ2) is 11.3. The molecule has 0 amide bonds. The summed E-state index contributed by atoms with van der Waals surface area (Å²) in [5.41, 5.74) is 1.40. The number of thiazole rings is 1. The van der Waals surface area contributed by atoms with Crippen LogP contribution in [-0.2, 0) is 12.8 Å². The molecule has 2 aromatic rings. The second-order valence-corrected chi connectivity index (χ2v) is 6.32. The SMILES string of the molecule is CCNC(=NCCc1csc(C)n1)NCCc1cccc(F)c1F.I. The van der Waals surface area contributed by atoms with Gasteiger partial charge in [0, 0.05) is 31.4 Å². The molecule has 8 heteroatoms. The fourth-order valence-electron chi connectivity index (χ4n) is 2.20. The van der Waals surface area contributed by atoms with E-state index in [4.69, 9.17) is 0 Å². The Balaban J connectivity index is 0.00000312. The monoisotopic (exact) mass is 480 g/mol. The number of hydrogen-bond acceptors (Lipinski definition) is 3. The van der Waals surface area contributed by atoms with Gasteiger partial charge in [-0.25, -0.2) is 13.8 Å². The van der Waals surface area contributed by atoms with Crippen LogP contribution in [-0.4, -0.2) is 30.6 Å². The maximum atomic E-state index is 13.6. The van der Waals surface area contributed by atoms with Gasteiger partial charge in [-0.2, -0.15) is 0 Å². The van der Waals surface area contributed by atoms with Crippen molar-refractivity contribution in [1.29, 1.82) is 0 Å². The van der Waals surface area contributed by atoms with Gasteiger partial charge in [-0.15, -0.1) is 35.3 Å². The number of nitrogens with one attached hydrogen (secondary N) is 2. The Morgan fingerprint density at radius 1 is 1.24 bits per heavy atom. The van der Waals surface area contributed by atoms with Gasteiger partial charge in [0.15, 0.2) is 17.6 Å². The third-order valence-corrected chi connectivity index (χ3v) is 4.19. The molecule has 0 atom stereocenters. The Labute approximate surface area is 168 Å². The molecule has 2 N–H and O–H groups in total. The molecule has 0 bridgehead atoms. The fraction of sp³-hybridized carbons (Fsp3) is 0.412. The molecule has 0 saturated heterocycles. The Kier molecular flexibility index (Phi) is 9.88. The van der Waals surface area contributed by atoms with Crippen LogP contribution in [0.5, 0.6) is 0 Å². The third kappa shape index (κ3) is 7.23. The summed E-state index contributed by atoms with van der Waals surface area (Å²) in [6.07, 6.45) is 1.17. The topological polar surface area (TPSA) is 49.3 Å². The molecule has 0 radical (unpaired) electrons. The summed E-state index contributed by atoms with van der Waals surface area (Å²) in [4.78, 5) is 8.88. The summed E-state index contributed by atoms with van der Waals surface area (Å²) in [7, 11) is 0. The smallest absolute Gasteiger partial charge is 0.191 e. The van der Waals surface area contributed by atoms with Crippen LogP contribution in [0.25, 0.3) is 0 Å². The number of aryl methyl sites for hydroxylation is 1. The van der Waals surface area contributed by atoms with Crippen LogP contribution in [0.3, 0.4) is 0 Å². The van der Waals surface area contributed by atoms with Gasteiger partial charge in [0.1, 0.15) is 0 Å². The maximum Gasteiger partial charge on any atom is 0.191 e. The molecule has 4 nitrogen and oxygen atoms in total. The molecule has 0 saturated carbocycles. The van der Waals surface area contributed by atoms with Gasteiger partial charge < -0.3 is 10.6 Å². The van der Waals surface area contributed by atoms with Crippen LogP contribution in [0.15, 0.2) is 28.6 Å². The molecule has 2 rings (SSSR count). The van der Waals surface area contributed by atoms with Crippen molar-refractivity contribution < 1.29 is 8.78 Å². The standard InChI is InChI=1S/C17H22F2N4S.HI/c1-3-20-17(22-10-8-14-11-24-12(2)23-14)21-9-7-13-5-4-6-15(18)16(13)19;/h4-6,11H,3,7-10H2,1-2H3,(H2,20,21,22);1H. The maximum absolute atomic E-state index is 13.6. The number of rotatable bonds is 7. The van der Waals surface area contributed by atoms with Crippen molar-refractivity contribution >= 4 is 41.3 Å². The van der Waals surface area contributed by atoms with Crippen molar-refractivity contribution in [2.75, 3.05) is 19.6 Å². The highest BCUT2D eigenvalue weighted by molar-refractivity contribution is 14.0. The number of aliphatic imine (C=N–C) groups is 1. The molecule has 0 aliphatic carbocycles. The van der Waals surface area contributed by atoms with Gasteiger partial charge in [0.25, 0.3) is 0 Å². The largest absolute Gasteiger partial charge is 0.357 e. The molecular weight excluding hydrogens is 457 g/mol. The van der Waals surface area contributed by atoms with E-state index in [1.165, 1.54) is 6.07 Å². The molecule has 1 aromatic carbocycles. The summed E-state index contributed by atoms with van der Waals surface area (Å²) in [6.45, 7) is 5.78. The van der Waals surface area contributed by atoms with Crippen molar-refractivity contribution in [3.8, 4) is 0 Å². The van der Waals surface area contributed by atoms with E-state index in [0.717, 1.165) is 29.7 Å². The van der Waals surface area contributed by atoms with Gasteiger partial charge in [-0.1, -0.05) is 12.1 Å². The highest BCUT2D eigenvalue weighted by atomic mass is 127. The summed E-state index contributed by atoms with van der Waals surface area (Å²) < 4.78 is 26.8. The highest BCUT2D eigenvalue weighted by Crippen LogP contribution is 2.11. The molecule has 0 aliphatic rings. The second-order valence-electron chi connectivity index (χ2n) is 5.26. The highest BCUT2D eigenvalue weighted by Gasteiger charge is 2.07. The Morgan fingerprint density at radius 2 is 2.04 bits per heavy atom. The summed E-state index contributed by atoms with van der Waals surface area (Å²) in [5.74, 6) is -0.923. The minimum atomic E-state index is -0.813. The number of nitrogens with zero attached hydrogens (tertiary/aromatic N) is 2. The van der Waals surface area contributed by atoms with E-state index in [9.17, 15) is 8.78 Å². The summed E-state index contributed by atoms with van der Waals surface area (Å²) in [5, 5.41) is 9.37. The lowest BCUT2D eigenvalue weighted by Gasteiger charge is -2.11. The molecule has 25 heavy (non-hydrogen) atoms. The molecule has 1 aromatic heterocycles. The lowest BCUT2D eigenvalue weighted by molar-refractivity contribution is 0.498. The van der Waals surface area contributed by atoms with Gasteiger partial charge in [0.2, 0.25) is 0 Å². The average molecular weight is 480 g/mol. The first-order chi connectivity index (χ1) is 11.6. The van der Waals surface area contributed by atoms with Crippen molar-refractivity contribution in [2.24, 2.45) is 4.99 Å². The van der Waals surface area contributed by atoms with E-state index in [2.05, 4.69) is 20.6 Å². The van der Waals surface area contributed by atoms with Crippen LogP contribution >= 0.6 is 35.3 Å². The van der Waals surface area contributed by atoms with E-state index in [0.29, 0.717) is 31.0 Å².